The average molecular weight is 463 g/mol. The van der Waals surface area contributed by atoms with Crippen molar-refractivity contribution in [3.63, 3.8) is 0 Å². The van der Waals surface area contributed by atoms with E-state index < -0.39 is 17.7 Å². The van der Waals surface area contributed by atoms with Crippen LogP contribution in [-0.2, 0) is 28.7 Å². The number of alkyl halides is 3. The lowest BCUT2D eigenvalue weighted by Gasteiger charge is -2.26. The Morgan fingerprint density at radius 1 is 1.09 bits per heavy atom. The topological polar surface area (TPSA) is 66.8 Å². The zero-order chi connectivity index (χ0) is 24.2. The molecule has 1 N–H and O–H groups in total. The number of carboxylic acids is 1. The molecule has 1 aliphatic carbocycles. The minimum Gasteiger partial charge on any atom is -0.496 e. The van der Waals surface area contributed by atoms with Crippen molar-refractivity contribution >= 4 is 11.9 Å². The first-order chi connectivity index (χ1) is 15.6. The molecule has 8 heteroatoms. The van der Waals surface area contributed by atoms with Gasteiger partial charge in [-0.05, 0) is 60.7 Å². The molecular formula is C25H28F3NO4. The van der Waals surface area contributed by atoms with Crippen molar-refractivity contribution in [1.29, 1.82) is 0 Å². The van der Waals surface area contributed by atoms with E-state index in [0.717, 1.165) is 37.8 Å². The number of methoxy groups -OCH3 is 1. The molecule has 0 unspecified atom stereocenters. The van der Waals surface area contributed by atoms with E-state index in [0.29, 0.717) is 34.5 Å². The molecule has 2 aromatic rings. The molecule has 33 heavy (non-hydrogen) atoms. The molecule has 1 aliphatic rings. The molecule has 0 aromatic heterocycles. The van der Waals surface area contributed by atoms with Crippen molar-refractivity contribution in [2.24, 2.45) is 5.92 Å². The van der Waals surface area contributed by atoms with E-state index in [1.807, 2.05) is 6.92 Å². The largest absolute Gasteiger partial charge is 0.496 e. The van der Waals surface area contributed by atoms with Gasteiger partial charge in [0.15, 0.2) is 0 Å². The standard InChI is InChI=1S/C25H28F3NO4/c1-3-29(24(32)17-6-4-5-7-17)15-18-14-19(25(26,27)28)9-10-20(18)21-12-16(13-23(30)31)8-11-22(21)33-2/h8-12,14,17H,3-7,13,15H2,1-2H3,(H,30,31). The van der Waals surface area contributed by atoms with Crippen LogP contribution in [0, 0.1) is 5.92 Å². The van der Waals surface area contributed by atoms with Gasteiger partial charge in [-0.3, -0.25) is 9.59 Å². The van der Waals surface area contributed by atoms with E-state index in [1.165, 1.54) is 13.2 Å². The summed E-state index contributed by atoms with van der Waals surface area (Å²) in [5.74, 6) is -0.731. The number of aliphatic carboxylic acids is 1. The van der Waals surface area contributed by atoms with Gasteiger partial charge in [-0.2, -0.15) is 13.2 Å². The summed E-state index contributed by atoms with van der Waals surface area (Å²) in [6.45, 7) is 2.22. The number of nitrogens with zero attached hydrogens (tertiary/aromatic N) is 1. The Balaban J connectivity index is 2.08. The molecule has 0 spiro atoms. The van der Waals surface area contributed by atoms with Crippen molar-refractivity contribution in [3.05, 3.63) is 53.1 Å². The third-order valence-corrected chi connectivity index (χ3v) is 6.10. The number of hydrogen-bond donors (Lipinski definition) is 1. The van der Waals surface area contributed by atoms with Gasteiger partial charge in [0.25, 0.3) is 0 Å². The number of hydrogen-bond acceptors (Lipinski definition) is 3. The van der Waals surface area contributed by atoms with Gasteiger partial charge in [0, 0.05) is 24.6 Å². The van der Waals surface area contributed by atoms with Gasteiger partial charge >= 0.3 is 12.1 Å². The Labute approximate surface area is 191 Å². The summed E-state index contributed by atoms with van der Waals surface area (Å²) in [6.07, 6.45) is -1.19. The van der Waals surface area contributed by atoms with Crippen LogP contribution in [0.3, 0.4) is 0 Å². The Morgan fingerprint density at radius 3 is 2.36 bits per heavy atom. The number of carbonyl (C=O) groups is 2. The van der Waals surface area contributed by atoms with Crippen molar-refractivity contribution in [2.75, 3.05) is 13.7 Å². The summed E-state index contributed by atoms with van der Waals surface area (Å²) in [7, 11) is 1.45. The second kappa shape index (κ2) is 10.3. The SMILES string of the molecule is CCN(Cc1cc(C(F)(F)F)ccc1-c1cc(CC(=O)O)ccc1OC)C(=O)C1CCCC1. The molecule has 1 amide bonds. The Hall–Kier alpha value is -3.03. The van der Waals surface area contributed by atoms with Crippen LogP contribution in [0.1, 0.15) is 49.3 Å². The predicted molar refractivity (Wildman–Crippen MR) is 118 cm³/mol. The van der Waals surface area contributed by atoms with E-state index in [2.05, 4.69) is 0 Å². The Morgan fingerprint density at radius 2 is 1.79 bits per heavy atom. The van der Waals surface area contributed by atoms with Crippen LogP contribution in [0.5, 0.6) is 5.75 Å². The van der Waals surface area contributed by atoms with Crippen LogP contribution in [-0.4, -0.2) is 35.5 Å². The third-order valence-electron chi connectivity index (χ3n) is 6.10. The zero-order valence-electron chi connectivity index (χ0n) is 18.7. The average Bonchev–Trinajstić information content (AvgIpc) is 3.31. The monoisotopic (exact) mass is 463 g/mol. The maximum atomic E-state index is 13.5. The van der Waals surface area contributed by atoms with Crippen molar-refractivity contribution in [2.45, 2.75) is 51.7 Å². The van der Waals surface area contributed by atoms with Crippen molar-refractivity contribution in [1.82, 2.24) is 4.90 Å². The lowest BCUT2D eigenvalue weighted by atomic mass is 9.94. The van der Waals surface area contributed by atoms with Gasteiger partial charge in [0.2, 0.25) is 5.91 Å². The highest BCUT2D eigenvalue weighted by Gasteiger charge is 2.32. The molecule has 2 aromatic carbocycles. The maximum Gasteiger partial charge on any atom is 0.416 e. The fourth-order valence-electron chi connectivity index (χ4n) is 4.40. The van der Waals surface area contributed by atoms with E-state index in [1.54, 1.807) is 23.1 Å². The van der Waals surface area contributed by atoms with E-state index in [4.69, 9.17) is 9.84 Å². The fourth-order valence-corrected chi connectivity index (χ4v) is 4.40. The normalized spacial score (nSPS) is 14.3. The van der Waals surface area contributed by atoms with Crippen LogP contribution in [0.25, 0.3) is 11.1 Å². The molecule has 1 fully saturated rings. The molecule has 1 saturated carbocycles. The molecule has 178 valence electrons. The van der Waals surface area contributed by atoms with Crippen LogP contribution in [0.2, 0.25) is 0 Å². The van der Waals surface area contributed by atoms with Gasteiger partial charge < -0.3 is 14.7 Å². The van der Waals surface area contributed by atoms with Gasteiger partial charge in [0.1, 0.15) is 5.75 Å². The number of amides is 1. The molecule has 0 saturated heterocycles. The molecule has 0 bridgehead atoms. The van der Waals surface area contributed by atoms with E-state index in [-0.39, 0.29) is 24.8 Å². The first kappa shape index (κ1) is 24.6. The van der Waals surface area contributed by atoms with Crippen LogP contribution in [0.15, 0.2) is 36.4 Å². The van der Waals surface area contributed by atoms with Gasteiger partial charge in [-0.15, -0.1) is 0 Å². The molecule has 0 radical (unpaired) electrons. The molecule has 0 atom stereocenters. The van der Waals surface area contributed by atoms with Crippen LogP contribution in [0.4, 0.5) is 13.2 Å². The maximum absolute atomic E-state index is 13.5. The summed E-state index contributed by atoms with van der Waals surface area (Å²) < 4.78 is 45.9. The second-order valence-electron chi connectivity index (χ2n) is 8.31. The molecule has 5 nitrogen and oxygen atoms in total. The smallest absolute Gasteiger partial charge is 0.416 e. The van der Waals surface area contributed by atoms with E-state index >= 15 is 0 Å². The fraction of sp³-hybridized carbons (Fsp3) is 0.440. The Bertz CT molecular complexity index is 1010. The first-order valence-corrected chi connectivity index (χ1v) is 11.0. The number of ether oxygens (including phenoxy) is 1. The molecule has 0 aliphatic heterocycles. The minimum absolute atomic E-state index is 0.0252. The second-order valence-corrected chi connectivity index (χ2v) is 8.31. The highest BCUT2D eigenvalue weighted by atomic mass is 19.4. The number of carboxylic acid groups (broad SMARTS) is 1. The lowest BCUT2D eigenvalue weighted by Crippen LogP contribution is -2.35. The number of rotatable bonds is 8. The molecular weight excluding hydrogens is 435 g/mol. The van der Waals surface area contributed by atoms with Crippen LogP contribution >= 0.6 is 0 Å². The number of halogens is 3. The zero-order valence-corrected chi connectivity index (χ0v) is 18.7. The van der Waals surface area contributed by atoms with Crippen LogP contribution < -0.4 is 4.74 Å². The predicted octanol–water partition coefficient (Wildman–Crippen LogP) is 5.55. The minimum atomic E-state index is -4.53. The third kappa shape index (κ3) is 5.86. The highest BCUT2D eigenvalue weighted by molar-refractivity contribution is 5.80. The first-order valence-electron chi connectivity index (χ1n) is 11.0. The van der Waals surface area contributed by atoms with Gasteiger partial charge in [0.05, 0.1) is 19.1 Å². The summed E-state index contributed by atoms with van der Waals surface area (Å²) in [5.41, 5.74) is 1.00. The molecule has 3 rings (SSSR count). The number of benzene rings is 2. The molecule has 0 heterocycles. The summed E-state index contributed by atoms with van der Waals surface area (Å²) in [4.78, 5) is 25.8. The quantitative estimate of drug-likeness (QED) is 0.558. The Kier molecular flexibility index (Phi) is 7.66. The van der Waals surface area contributed by atoms with Gasteiger partial charge in [-0.25, -0.2) is 0 Å². The van der Waals surface area contributed by atoms with E-state index in [9.17, 15) is 22.8 Å². The lowest BCUT2D eigenvalue weighted by molar-refractivity contribution is -0.138. The summed E-state index contributed by atoms with van der Waals surface area (Å²) in [6, 6.07) is 8.28. The number of carbonyl (C=O) groups excluding carboxylic acids is 1. The highest BCUT2D eigenvalue weighted by Crippen LogP contribution is 2.38. The summed E-state index contributed by atoms with van der Waals surface area (Å²) in [5, 5.41) is 9.15. The van der Waals surface area contributed by atoms with Crippen molar-refractivity contribution in [3.8, 4) is 16.9 Å². The van der Waals surface area contributed by atoms with Crippen molar-refractivity contribution < 1.29 is 32.6 Å². The summed E-state index contributed by atoms with van der Waals surface area (Å²) >= 11 is 0. The van der Waals surface area contributed by atoms with Gasteiger partial charge in [-0.1, -0.05) is 25.0 Å².